The number of nitrogens with two attached hydrogens (primary N) is 1. The van der Waals surface area contributed by atoms with Crippen LogP contribution in [0.1, 0.15) is 24.5 Å². The largest absolute Gasteiger partial charge is 0.326 e. The van der Waals surface area contributed by atoms with Gasteiger partial charge in [0.1, 0.15) is 5.82 Å². The molecule has 1 atom stereocenters. The molecule has 0 saturated carbocycles. The summed E-state index contributed by atoms with van der Waals surface area (Å²) in [6.45, 7) is 6.71. The van der Waals surface area contributed by atoms with Crippen molar-refractivity contribution in [1.29, 1.82) is 0 Å². The lowest BCUT2D eigenvalue weighted by atomic mass is 10.1. The van der Waals surface area contributed by atoms with Crippen LogP contribution in [-0.2, 0) is 13.1 Å². The van der Waals surface area contributed by atoms with Crippen LogP contribution in [0.4, 0.5) is 4.39 Å². The van der Waals surface area contributed by atoms with Gasteiger partial charge < -0.3 is 10.6 Å². The molecule has 2 N–H and O–H groups in total. The SMILES string of the molecule is CC1CN(C)CCCN1Cc1cc(F)cc(CN)c1. The molecule has 1 fully saturated rings. The first-order chi connectivity index (χ1) is 9.08. The highest BCUT2D eigenvalue weighted by Gasteiger charge is 2.19. The van der Waals surface area contributed by atoms with E-state index in [-0.39, 0.29) is 5.82 Å². The molecular formula is C15H24FN3. The molecule has 1 aromatic rings. The van der Waals surface area contributed by atoms with Crippen molar-refractivity contribution >= 4 is 0 Å². The third kappa shape index (κ3) is 4.00. The van der Waals surface area contributed by atoms with Gasteiger partial charge in [0.15, 0.2) is 0 Å². The maximum atomic E-state index is 13.5. The average Bonchev–Trinajstić information content (AvgIpc) is 2.50. The highest BCUT2D eigenvalue weighted by Crippen LogP contribution is 2.16. The van der Waals surface area contributed by atoms with Gasteiger partial charge in [-0.25, -0.2) is 4.39 Å². The van der Waals surface area contributed by atoms with Gasteiger partial charge in [-0.15, -0.1) is 0 Å². The zero-order valence-electron chi connectivity index (χ0n) is 11.9. The summed E-state index contributed by atoms with van der Waals surface area (Å²) < 4.78 is 13.5. The number of rotatable bonds is 3. The predicted octanol–water partition coefficient (Wildman–Crippen LogP) is 1.81. The second-order valence-electron chi connectivity index (χ2n) is 5.61. The number of hydrogen-bond donors (Lipinski definition) is 1. The maximum absolute atomic E-state index is 13.5. The first-order valence-corrected chi connectivity index (χ1v) is 6.99. The summed E-state index contributed by atoms with van der Waals surface area (Å²) in [7, 11) is 2.16. The lowest BCUT2D eigenvalue weighted by Crippen LogP contribution is -2.37. The Morgan fingerprint density at radius 3 is 2.74 bits per heavy atom. The molecule has 19 heavy (non-hydrogen) atoms. The zero-order chi connectivity index (χ0) is 13.8. The summed E-state index contributed by atoms with van der Waals surface area (Å²) in [6.07, 6.45) is 1.17. The van der Waals surface area contributed by atoms with E-state index in [4.69, 9.17) is 5.73 Å². The van der Waals surface area contributed by atoms with E-state index in [1.807, 2.05) is 6.07 Å². The van der Waals surface area contributed by atoms with E-state index in [1.165, 1.54) is 12.5 Å². The molecule has 0 bridgehead atoms. The molecule has 0 amide bonds. The van der Waals surface area contributed by atoms with Gasteiger partial charge in [0.25, 0.3) is 0 Å². The van der Waals surface area contributed by atoms with E-state index in [9.17, 15) is 4.39 Å². The first-order valence-electron chi connectivity index (χ1n) is 6.99. The van der Waals surface area contributed by atoms with Crippen LogP contribution in [-0.4, -0.2) is 42.5 Å². The molecule has 1 saturated heterocycles. The lowest BCUT2D eigenvalue weighted by molar-refractivity contribution is 0.194. The highest BCUT2D eigenvalue weighted by molar-refractivity contribution is 5.24. The van der Waals surface area contributed by atoms with Crippen molar-refractivity contribution in [3.63, 3.8) is 0 Å². The number of halogens is 1. The Kier molecular flexibility index (Phi) is 4.91. The molecule has 1 aliphatic rings. The van der Waals surface area contributed by atoms with E-state index in [1.54, 1.807) is 6.07 Å². The summed E-state index contributed by atoms with van der Waals surface area (Å²) in [5, 5.41) is 0. The van der Waals surface area contributed by atoms with Gasteiger partial charge in [-0.2, -0.15) is 0 Å². The summed E-state index contributed by atoms with van der Waals surface area (Å²) in [5.41, 5.74) is 7.50. The first kappa shape index (κ1) is 14.4. The second-order valence-corrected chi connectivity index (χ2v) is 5.61. The normalized spacial score (nSPS) is 22.4. The molecule has 1 aromatic carbocycles. The van der Waals surface area contributed by atoms with E-state index in [2.05, 4.69) is 23.8 Å². The van der Waals surface area contributed by atoms with Crippen molar-refractivity contribution in [2.45, 2.75) is 32.5 Å². The molecule has 1 aliphatic heterocycles. The number of benzene rings is 1. The van der Waals surface area contributed by atoms with Gasteiger partial charge >= 0.3 is 0 Å². The Balaban J connectivity index is 2.09. The van der Waals surface area contributed by atoms with Crippen molar-refractivity contribution in [3.8, 4) is 0 Å². The Morgan fingerprint density at radius 1 is 1.26 bits per heavy atom. The molecule has 0 spiro atoms. The minimum absolute atomic E-state index is 0.183. The summed E-state index contributed by atoms with van der Waals surface area (Å²) in [4.78, 5) is 4.79. The van der Waals surface area contributed by atoms with E-state index in [0.29, 0.717) is 12.6 Å². The molecule has 4 heteroatoms. The van der Waals surface area contributed by atoms with Crippen LogP contribution in [0, 0.1) is 5.82 Å². The Labute approximate surface area is 115 Å². The van der Waals surface area contributed by atoms with E-state index >= 15 is 0 Å². The zero-order valence-corrected chi connectivity index (χ0v) is 11.9. The summed E-state index contributed by atoms with van der Waals surface area (Å²) in [6, 6.07) is 5.66. The van der Waals surface area contributed by atoms with Crippen LogP contribution in [0.25, 0.3) is 0 Å². The molecule has 2 rings (SSSR count). The third-order valence-electron chi connectivity index (χ3n) is 3.82. The fraction of sp³-hybridized carbons (Fsp3) is 0.600. The number of hydrogen-bond acceptors (Lipinski definition) is 3. The molecule has 1 unspecified atom stereocenters. The fourth-order valence-electron chi connectivity index (χ4n) is 2.82. The van der Waals surface area contributed by atoms with Crippen molar-refractivity contribution in [1.82, 2.24) is 9.80 Å². The van der Waals surface area contributed by atoms with Gasteiger partial charge in [0.2, 0.25) is 0 Å². The van der Waals surface area contributed by atoms with Gasteiger partial charge in [-0.1, -0.05) is 6.07 Å². The molecule has 106 valence electrons. The van der Waals surface area contributed by atoms with Crippen molar-refractivity contribution in [2.24, 2.45) is 5.73 Å². The van der Waals surface area contributed by atoms with Crippen molar-refractivity contribution < 1.29 is 4.39 Å². The molecule has 0 aliphatic carbocycles. The monoisotopic (exact) mass is 265 g/mol. The van der Waals surface area contributed by atoms with Gasteiger partial charge in [-0.3, -0.25) is 4.90 Å². The third-order valence-corrected chi connectivity index (χ3v) is 3.82. The van der Waals surface area contributed by atoms with Gasteiger partial charge in [0.05, 0.1) is 0 Å². The van der Waals surface area contributed by atoms with Gasteiger partial charge in [-0.05, 0) is 50.2 Å². The topological polar surface area (TPSA) is 32.5 Å². The standard InChI is InChI=1S/C15H24FN3/c1-12-10-18(2)4-3-5-19(12)11-14-6-13(9-17)7-15(16)8-14/h6-8,12H,3-5,9-11,17H2,1-2H3. The average molecular weight is 265 g/mol. The lowest BCUT2D eigenvalue weighted by Gasteiger charge is -2.28. The molecule has 1 heterocycles. The van der Waals surface area contributed by atoms with Gasteiger partial charge in [0, 0.05) is 32.2 Å². The van der Waals surface area contributed by atoms with E-state index < -0.39 is 0 Å². The minimum Gasteiger partial charge on any atom is -0.326 e. The molecule has 0 aromatic heterocycles. The number of nitrogens with zero attached hydrogens (tertiary/aromatic N) is 2. The Bertz CT molecular complexity index is 422. The molecule has 0 radical (unpaired) electrons. The van der Waals surface area contributed by atoms with Crippen LogP contribution in [0.15, 0.2) is 18.2 Å². The predicted molar refractivity (Wildman–Crippen MR) is 76.3 cm³/mol. The van der Waals surface area contributed by atoms with Crippen LogP contribution in [0.5, 0.6) is 0 Å². The van der Waals surface area contributed by atoms with Crippen molar-refractivity contribution in [3.05, 3.63) is 35.1 Å². The second kappa shape index (κ2) is 6.46. The van der Waals surface area contributed by atoms with Crippen LogP contribution in [0.2, 0.25) is 0 Å². The minimum atomic E-state index is -0.183. The maximum Gasteiger partial charge on any atom is 0.123 e. The highest BCUT2D eigenvalue weighted by atomic mass is 19.1. The Hall–Kier alpha value is -0.970. The van der Waals surface area contributed by atoms with Crippen LogP contribution >= 0.6 is 0 Å². The Morgan fingerprint density at radius 2 is 2.00 bits per heavy atom. The van der Waals surface area contributed by atoms with Crippen LogP contribution in [0.3, 0.4) is 0 Å². The van der Waals surface area contributed by atoms with Crippen LogP contribution < -0.4 is 5.73 Å². The molecule has 3 nitrogen and oxygen atoms in total. The smallest absolute Gasteiger partial charge is 0.123 e. The summed E-state index contributed by atoms with van der Waals surface area (Å²) in [5.74, 6) is -0.183. The van der Waals surface area contributed by atoms with Crippen molar-refractivity contribution in [2.75, 3.05) is 26.7 Å². The van der Waals surface area contributed by atoms with E-state index in [0.717, 1.165) is 37.3 Å². The summed E-state index contributed by atoms with van der Waals surface area (Å²) >= 11 is 0. The quantitative estimate of drug-likeness (QED) is 0.904. The fourth-order valence-corrected chi connectivity index (χ4v) is 2.82. The molecular weight excluding hydrogens is 241 g/mol. The number of likely N-dealkylation sites (N-methyl/N-ethyl adjacent to an activating group) is 1.